The van der Waals surface area contributed by atoms with Crippen LogP contribution in [-0.4, -0.2) is 45.9 Å². The van der Waals surface area contributed by atoms with E-state index in [1.54, 1.807) is 25.1 Å². The average Bonchev–Trinajstić information content (AvgIpc) is 3.08. The zero-order valence-electron chi connectivity index (χ0n) is 19.9. The number of aromatic nitrogens is 1. The van der Waals surface area contributed by atoms with Crippen LogP contribution in [0, 0.1) is 12.8 Å². The molecule has 1 atom stereocenters. The van der Waals surface area contributed by atoms with E-state index < -0.39 is 36.2 Å². The van der Waals surface area contributed by atoms with Gasteiger partial charge in [0.25, 0.3) is 17.6 Å². The number of carbonyl (C=O) groups excluding carboxylic acids is 3. The number of nitrogens with one attached hydrogen (secondary N) is 1. The highest BCUT2D eigenvalue weighted by Crippen LogP contribution is 2.34. The molecule has 4 N–H and O–H groups in total. The summed E-state index contributed by atoms with van der Waals surface area (Å²) in [6.45, 7) is 5.42. The van der Waals surface area contributed by atoms with Gasteiger partial charge in [0.1, 0.15) is 11.8 Å². The maximum absolute atomic E-state index is 12.8. The fourth-order valence-electron chi connectivity index (χ4n) is 4.06. The topological polar surface area (TPSA) is 141 Å². The molecule has 9 nitrogen and oxygen atoms in total. The molecule has 2 amide bonds. The molecule has 0 fully saturated rings. The first-order valence-electron chi connectivity index (χ1n) is 11.2. The number of aliphatic carboxylic acids is 1. The van der Waals surface area contributed by atoms with E-state index in [9.17, 15) is 24.3 Å². The molecule has 3 rings (SSSR count). The molecule has 2 aromatic carbocycles. The van der Waals surface area contributed by atoms with Gasteiger partial charge in [-0.15, -0.1) is 0 Å². The van der Waals surface area contributed by atoms with Crippen molar-refractivity contribution in [1.29, 1.82) is 0 Å². The summed E-state index contributed by atoms with van der Waals surface area (Å²) in [7, 11) is 0. The van der Waals surface area contributed by atoms with Crippen LogP contribution in [0.25, 0.3) is 10.9 Å². The average molecular weight is 480 g/mol. The number of amides is 2. The van der Waals surface area contributed by atoms with E-state index in [-0.39, 0.29) is 23.7 Å². The minimum atomic E-state index is -1.13. The molecule has 1 heterocycles. The van der Waals surface area contributed by atoms with Gasteiger partial charge >= 0.3 is 5.97 Å². The Labute approximate surface area is 202 Å². The van der Waals surface area contributed by atoms with Crippen molar-refractivity contribution in [3.05, 3.63) is 65.4 Å². The third-order valence-electron chi connectivity index (χ3n) is 5.65. The molecule has 0 saturated heterocycles. The molecule has 0 aliphatic rings. The van der Waals surface area contributed by atoms with Crippen molar-refractivity contribution in [3.63, 3.8) is 0 Å². The van der Waals surface area contributed by atoms with Crippen molar-refractivity contribution in [2.75, 3.05) is 6.61 Å². The van der Waals surface area contributed by atoms with E-state index in [1.165, 1.54) is 0 Å². The summed E-state index contributed by atoms with van der Waals surface area (Å²) in [6.07, 6.45) is 0.273. The fourth-order valence-corrected chi connectivity index (χ4v) is 4.06. The Morgan fingerprint density at radius 2 is 1.74 bits per heavy atom. The van der Waals surface area contributed by atoms with Gasteiger partial charge in [0, 0.05) is 12.2 Å². The molecule has 35 heavy (non-hydrogen) atoms. The number of carbonyl (C=O) groups is 4. The van der Waals surface area contributed by atoms with Crippen molar-refractivity contribution in [1.82, 2.24) is 9.88 Å². The SMILES string of the molecule is Cc1c(C(=O)C(N)=O)c2c(OCC(=O)N[C@@H](CC(C)C)C(=O)O)cccc2n1Cc1ccccc1. The maximum Gasteiger partial charge on any atom is 0.326 e. The van der Waals surface area contributed by atoms with Crippen LogP contribution < -0.4 is 15.8 Å². The van der Waals surface area contributed by atoms with Crippen LogP contribution in [0.5, 0.6) is 5.75 Å². The summed E-state index contributed by atoms with van der Waals surface area (Å²) < 4.78 is 7.62. The third kappa shape index (κ3) is 5.87. The largest absolute Gasteiger partial charge is 0.483 e. The molecule has 184 valence electrons. The van der Waals surface area contributed by atoms with Crippen molar-refractivity contribution in [2.24, 2.45) is 11.7 Å². The zero-order valence-corrected chi connectivity index (χ0v) is 19.9. The minimum absolute atomic E-state index is 0.0702. The summed E-state index contributed by atoms with van der Waals surface area (Å²) in [6, 6.07) is 13.7. The number of ketones is 1. The van der Waals surface area contributed by atoms with E-state index in [1.807, 2.05) is 48.7 Å². The van der Waals surface area contributed by atoms with Crippen LogP contribution >= 0.6 is 0 Å². The van der Waals surface area contributed by atoms with Crippen LogP contribution in [0.15, 0.2) is 48.5 Å². The summed E-state index contributed by atoms with van der Waals surface area (Å²) in [5, 5.41) is 12.2. The summed E-state index contributed by atoms with van der Waals surface area (Å²) in [5.74, 6) is -3.41. The Morgan fingerprint density at radius 3 is 2.34 bits per heavy atom. The van der Waals surface area contributed by atoms with E-state index in [0.29, 0.717) is 23.1 Å². The highest BCUT2D eigenvalue weighted by molar-refractivity contribution is 6.45. The number of fused-ring (bicyclic) bond motifs is 1. The highest BCUT2D eigenvalue weighted by Gasteiger charge is 2.27. The second-order valence-corrected chi connectivity index (χ2v) is 8.75. The Bertz CT molecular complexity index is 1260. The molecule has 0 aliphatic heterocycles. The number of ether oxygens (including phenoxy) is 1. The monoisotopic (exact) mass is 479 g/mol. The molecule has 0 saturated carbocycles. The number of nitrogens with zero attached hydrogens (tertiary/aromatic N) is 1. The van der Waals surface area contributed by atoms with Crippen LogP contribution in [0.4, 0.5) is 0 Å². The smallest absolute Gasteiger partial charge is 0.326 e. The van der Waals surface area contributed by atoms with Crippen LogP contribution in [0.2, 0.25) is 0 Å². The Kier molecular flexibility index (Phi) is 7.91. The van der Waals surface area contributed by atoms with Gasteiger partial charge in [0.2, 0.25) is 0 Å². The lowest BCUT2D eigenvalue weighted by molar-refractivity contribution is -0.142. The lowest BCUT2D eigenvalue weighted by Gasteiger charge is -2.17. The highest BCUT2D eigenvalue weighted by atomic mass is 16.5. The number of Topliss-reactive ketones (excluding diaryl/α,β-unsaturated/α-hetero) is 1. The van der Waals surface area contributed by atoms with Gasteiger partial charge in [0.05, 0.1) is 16.5 Å². The van der Waals surface area contributed by atoms with Gasteiger partial charge < -0.3 is 25.5 Å². The molecule has 0 aliphatic carbocycles. The Hall–Kier alpha value is -4.14. The van der Waals surface area contributed by atoms with E-state index >= 15 is 0 Å². The van der Waals surface area contributed by atoms with Crippen LogP contribution in [0.3, 0.4) is 0 Å². The fraction of sp³-hybridized carbons (Fsp3) is 0.308. The number of rotatable bonds is 11. The second-order valence-electron chi connectivity index (χ2n) is 8.75. The molecule has 0 bridgehead atoms. The first-order chi connectivity index (χ1) is 16.6. The maximum atomic E-state index is 12.8. The zero-order chi connectivity index (χ0) is 25.7. The number of hydrogen-bond acceptors (Lipinski definition) is 5. The lowest BCUT2D eigenvalue weighted by Crippen LogP contribution is -2.43. The quantitative estimate of drug-likeness (QED) is 0.285. The predicted octanol–water partition coefficient (Wildman–Crippen LogP) is 2.66. The third-order valence-corrected chi connectivity index (χ3v) is 5.65. The number of primary amides is 1. The second kappa shape index (κ2) is 10.9. The molecular weight excluding hydrogens is 450 g/mol. The Morgan fingerprint density at radius 1 is 1.06 bits per heavy atom. The summed E-state index contributed by atoms with van der Waals surface area (Å²) >= 11 is 0. The lowest BCUT2D eigenvalue weighted by atomic mass is 10.0. The minimum Gasteiger partial charge on any atom is -0.483 e. The van der Waals surface area contributed by atoms with Crippen molar-refractivity contribution < 1.29 is 29.0 Å². The summed E-state index contributed by atoms with van der Waals surface area (Å²) in [5.41, 5.74) is 7.60. The number of hydrogen-bond donors (Lipinski definition) is 3. The summed E-state index contributed by atoms with van der Waals surface area (Å²) in [4.78, 5) is 48.5. The first kappa shape index (κ1) is 25.5. The standard InChI is InChI=1S/C26H29N3O6/c1-15(2)12-18(26(33)34)28-21(30)14-35-20-11-7-10-19-23(20)22(24(31)25(27)32)16(3)29(19)13-17-8-5-4-6-9-17/h4-11,15,18H,12-14H2,1-3H3,(H2,27,32)(H,28,30)(H,33,34)/t18-/m0/s1. The van der Waals surface area contributed by atoms with Gasteiger partial charge in [-0.2, -0.15) is 0 Å². The predicted molar refractivity (Wildman–Crippen MR) is 130 cm³/mol. The number of nitrogens with two attached hydrogens (primary N) is 1. The number of carboxylic acid groups (broad SMARTS) is 1. The van der Waals surface area contributed by atoms with Crippen LogP contribution in [0.1, 0.15) is 41.9 Å². The van der Waals surface area contributed by atoms with E-state index in [4.69, 9.17) is 10.5 Å². The van der Waals surface area contributed by atoms with Gasteiger partial charge in [0.15, 0.2) is 6.61 Å². The molecule has 0 spiro atoms. The molecule has 9 heteroatoms. The number of benzene rings is 2. The van der Waals surface area contributed by atoms with E-state index in [0.717, 1.165) is 5.56 Å². The normalized spacial score (nSPS) is 11.9. The van der Waals surface area contributed by atoms with Crippen LogP contribution in [-0.2, 0) is 20.9 Å². The van der Waals surface area contributed by atoms with Gasteiger partial charge in [-0.05, 0) is 37.0 Å². The van der Waals surface area contributed by atoms with Gasteiger partial charge in [-0.3, -0.25) is 14.4 Å². The Balaban J connectivity index is 1.96. The number of carboxylic acids is 1. The van der Waals surface area contributed by atoms with Gasteiger partial charge in [-0.25, -0.2) is 4.79 Å². The molecule has 1 aromatic heterocycles. The van der Waals surface area contributed by atoms with Crippen molar-refractivity contribution in [2.45, 2.75) is 39.8 Å². The molecule has 0 radical (unpaired) electrons. The molecule has 3 aromatic rings. The van der Waals surface area contributed by atoms with Gasteiger partial charge in [-0.1, -0.05) is 50.2 Å². The first-order valence-corrected chi connectivity index (χ1v) is 11.2. The molecular formula is C26H29N3O6. The van der Waals surface area contributed by atoms with Crippen molar-refractivity contribution >= 4 is 34.5 Å². The van der Waals surface area contributed by atoms with Crippen molar-refractivity contribution in [3.8, 4) is 5.75 Å². The molecule has 0 unspecified atom stereocenters. The van der Waals surface area contributed by atoms with E-state index in [2.05, 4.69) is 5.32 Å².